The number of amides is 1. The number of nitrogens with zero attached hydrogens (tertiary/aromatic N) is 6. The Balaban J connectivity index is 1.47. The van der Waals surface area contributed by atoms with Gasteiger partial charge in [0.05, 0.1) is 5.56 Å². The number of hydrogen-bond donors (Lipinski definition) is 0. The van der Waals surface area contributed by atoms with Gasteiger partial charge in [0.25, 0.3) is 5.89 Å². The van der Waals surface area contributed by atoms with Crippen molar-refractivity contribution < 1.29 is 9.32 Å². The summed E-state index contributed by atoms with van der Waals surface area (Å²) in [7, 11) is 0. The summed E-state index contributed by atoms with van der Waals surface area (Å²) in [5.74, 6) is 1.10. The van der Waals surface area contributed by atoms with Crippen LogP contribution in [0.4, 0.5) is 0 Å². The largest absolute Gasteiger partial charge is 0.350 e. The van der Waals surface area contributed by atoms with Gasteiger partial charge in [0.15, 0.2) is 5.65 Å². The van der Waals surface area contributed by atoms with Crippen LogP contribution in [-0.4, -0.2) is 48.2 Å². The highest BCUT2D eigenvalue weighted by molar-refractivity contribution is 5.76. The number of rotatable bonds is 4. The average Bonchev–Trinajstić information content (AvgIpc) is 3.39. The first-order valence-corrected chi connectivity index (χ1v) is 10.8. The number of aromatic nitrogens is 5. The van der Waals surface area contributed by atoms with Gasteiger partial charge in [-0.3, -0.25) is 4.79 Å². The van der Waals surface area contributed by atoms with E-state index in [9.17, 15) is 9.59 Å². The van der Waals surface area contributed by atoms with Gasteiger partial charge in [-0.2, -0.15) is 4.98 Å². The lowest BCUT2D eigenvalue weighted by Gasteiger charge is -2.30. The van der Waals surface area contributed by atoms with Gasteiger partial charge in [0.2, 0.25) is 11.7 Å². The zero-order valence-electron chi connectivity index (χ0n) is 18.1. The summed E-state index contributed by atoms with van der Waals surface area (Å²) in [5.41, 5.74) is 2.47. The predicted octanol–water partition coefficient (Wildman–Crippen LogP) is 2.78. The van der Waals surface area contributed by atoms with Crippen LogP contribution in [0.25, 0.3) is 28.5 Å². The van der Waals surface area contributed by atoms with E-state index in [0.29, 0.717) is 23.0 Å². The zero-order valence-corrected chi connectivity index (χ0v) is 18.1. The first kappa shape index (κ1) is 20.2. The molecular formula is C23H24N6O3. The molecule has 32 heavy (non-hydrogen) atoms. The summed E-state index contributed by atoms with van der Waals surface area (Å²) in [4.78, 5) is 32.0. The molecule has 1 aliphatic rings. The van der Waals surface area contributed by atoms with E-state index in [4.69, 9.17) is 4.52 Å². The third-order valence-corrected chi connectivity index (χ3v) is 5.84. The van der Waals surface area contributed by atoms with E-state index < -0.39 is 0 Å². The third-order valence-electron chi connectivity index (χ3n) is 5.84. The molecule has 0 bridgehead atoms. The van der Waals surface area contributed by atoms with E-state index in [1.165, 1.54) is 9.08 Å². The van der Waals surface area contributed by atoms with E-state index >= 15 is 0 Å². The Labute approximate surface area is 184 Å². The molecule has 4 aromatic rings. The van der Waals surface area contributed by atoms with Crippen LogP contribution in [0.5, 0.6) is 0 Å². The molecule has 1 fully saturated rings. The molecule has 1 aliphatic heterocycles. The fourth-order valence-corrected chi connectivity index (χ4v) is 4.19. The number of benzene rings is 1. The molecule has 1 aromatic carbocycles. The number of likely N-dealkylation sites (tertiary alicyclic amines) is 1. The van der Waals surface area contributed by atoms with Crippen molar-refractivity contribution in [1.82, 2.24) is 29.2 Å². The number of carbonyl (C=O) groups excluding carboxylic acids is 1. The Morgan fingerprint density at radius 1 is 1.25 bits per heavy atom. The molecule has 1 atom stereocenters. The molecule has 0 N–H and O–H groups in total. The SMILES string of the molecule is Cc1cccc(-c2noc(-c3cccn4c(=O)n(CC(=O)N5CCC[C@@H](C)C5)nc34)n2)c1. The molecular weight excluding hydrogens is 408 g/mol. The van der Waals surface area contributed by atoms with Crippen molar-refractivity contribution in [3.8, 4) is 22.8 Å². The molecule has 164 valence electrons. The fraction of sp³-hybridized carbons (Fsp3) is 0.348. The van der Waals surface area contributed by atoms with Crippen LogP contribution in [0.3, 0.4) is 0 Å². The van der Waals surface area contributed by atoms with Crippen molar-refractivity contribution in [3.05, 3.63) is 58.6 Å². The van der Waals surface area contributed by atoms with Crippen molar-refractivity contribution >= 4 is 11.6 Å². The Bertz CT molecular complexity index is 1350. The van der Waals surface area contributed by atoms with Crippen LogP contribution in [0.1, 0.15) is 25.3 Å². The second kappa shape index (κ2) is 8.07. The van der Waals surface area contributed by atoms with Gasteiger partial charge < -0.3 is 9.42 Å². The highest BCUT2D eigenvalue weighted by Gasteiger charge is 2.23. The summed E-state index contributed by atoms with van der Waals surface area (Å²) >= 11 is 0. The van der Waals surface area contributed by atoms with Crippen molar-refractivity contribution in [2.45, 2.75) is 33.2 Å². The van der Waals surface area contributed by atoms with E-state index in [1.54, 1.807) is 18.3 Å². The van der Waals surface area contributed by atoms with Crippen molar-refractivity contribution in [3.63, 3.8) is 0 Å². The Kier molecular flexibility index (Phi) is 5.08. The summed E-state index contributed by atoms with van der Waals surface area (Å²) in [6, 6.07) is 11.3. The number of hydrogen-bond acceptors (Lipinski definition) is 6. The summed E-state index contributed by atoms with van der Waals surface area (Å²) < 4.78 is 8.10. The van der Waals surface area contributed by atoms with Gasteiger partial charge in [-0.25, -0.2) is 13.9 Å². The number of piperidine rings is 1. The lowest BCUT2D eigenvalue weighted by molar-refractivity contribution is -0.133. The first-order valence-electron chi connectivity index (χ1n) is 10.8. The molecule has 1 amide bonds. The van der Waals surface area contributed by atoms with Crippen LogP contribution < -0.4 is 5.69 Å². The first-order chi connectivity index (χ1) is 15.5. The fourth-order valence-electron chi connectivity index (χ4n) is 4.19. The highest BCUT2D eigenvalue weighted by Crippen LogP contribution is 2.25. The predicted molar refractivity (Wildman–Crippen MR) is 118 cm³/mol. The molecule has 1 saturated heterocycles. The maximum atomic E-state index is 12.9. The van der Waals surface area contributed by atoms with Gasteiger partial charge in [-0.15, -0.1) is 5.10 Å². The van der Waals surface area contributed by atoms with Crippen LogP contribution in [0, 0.1) is 12.8 Å². The summed E-state index contributed by atoms with van der Waals surface area (Å²) in [5, 5.41) is 8.52. The minimum absolute atomic E-state index is 0.0922. The standard InChI is InChI=1S/C23H24N6O3/c1-15-6-3-8-17(12-15)20-24-22(32-26-20)18-9-5-11-28-21(18)25-29(23(28)31)14-19(30)27-10-4-7-16(2)13-27/h3,5-6,8-9,11-12,16H,4,7,10,13-14H2,1-2H3/t16-/m1/s1. The number of pyridine rings is 1. The van der Waals surface area contributed by atoms with E-state index in [2.05, 4.69) is 22.2 Å². The molecule has 9 heteroatoms. The number of aryl methyl sites for hydroxylation is 1. The third kappa shape index (κ3) is 3.70. The van der Waals surface area contributed by atoms with E-state index in [0.717, 1.165) is 37.1 Å². The van der Waals surface area contributed by atoms with E-state index in [-0.39, 0.29) is 24.0 Å². The molecule has 0 saturated carbocycles. The zero-order chi connectivity index (χ0) is 22.2. The normalized spacial score (nSPS) is 16.6. The van der Waals surface area contributed by atoms with Crippen LogP contribution in [0.2, 0.25) is 0 Å². The maximum absolute atomic E-state index is 12.9. The summed E-state index contributed by atoms with van der Waals surface area (Å²) in [6.07, 6.45) is 3.73. The topological polar surface area (TPSA) is 98.5 Å². The van der Waals surface area contributed by atoms with Crippen LogP contribution in [0.15, 0.2) is 51.9 Å². The Hall–Kier alpha value is -3.75. The van der Waals surface area contributed by atoms with Crippen LogP contribution in [-0.2, 0) is 11.3 Å². The van der Waals surface area contributed by atoms with Crippen molar-refractivity contribution in [2.75, 3.05) is 13.1 Å². The van der Waals surface area contributed by atoms with Gasteiger partial charge in [0.1, 0.15) is 6.54 Å². The molecule has 0 aliphatic carbocycles. The monoisotopic (exact) mass is 432 g/mol. The van der Waals surface area contributed by atoms with Gasteiger partial charge in [0, 0.05) is 24.8 Å². The Morgan fingerprint density at radius 2 is 2.12 bits per heavy atom. The molecule has 5 rings (SSSR count). The lowest BCUT2D eigenvalue weighted by atomic mass is 10.0. The molecule has 0 spiro atoms. The van der Waals surface area contributed by atoms with E-state index in [1.807, 2.05) is 36.1 Å². The second-order valence-electron chi connectivity index (χ2n) is 8.44. The molecule has 0 radical (unpaired) electrons. The summed E-state index contributed by atoms with van der Waals surface area (Å²) in [6.45, 7) is 5.48. The van der Waals surface area contributed by atoms with Gasteiger partial charge in [-0.1, -0.05) is 35.8 Å². The number of fused-ring (bicyclic) bond motifs is 1. The number of carbonyl (C=O) groups is 1. The molecule has 9 nitrogen and oxygen atoms in total. The molecule has 4 heterocycles. The smallest absolute Gasteiger partial charge is 0.341 e. The molecule has 3 aromatic heterocycles. The van der Waals surface area contributed by atoms with Gasteiger partial charge >= 0.3 is 5.69 Å². The quantitative estimate of drug-likeness (QED) is 0.492. The lowest BCUT2D eigenvalue weighted by Crippen LogP contribution is -2.42. The van der Waals surface area contributed by atoms with Gasteiger partial charge in [-0.05, 0) is 43.9 Å². The van der Waals surface area contributed by atoms with Crippen molar-refractivity contribution in [1.29, 1.82) is 0 Å². The minimum Gasteiger partial charge on any atom is -0.341 e. The maximum Gasteiger partial charge on any atom is 0.350 e. The Morgan fingerprint density at radius 3 is 2.94 bits per heavy atom. The van der Waals surface area contributed by atoms with Crippen molar-refractivity contribution in [2.24, 2.45) is 5.92 Å². The molecule has 0 unspecified atom stereocenters. The second-order valence-corrected chi connectivity index (χ2v) is 8.44. The minimum atomic E-state index is -0.376. The highest BCUT2D eigenvalue weighted by atomic mass is 16.5. The average molecular weight is 432 g/mol. The van der Waals surface area contributed by atoms with Crippen LogP contribution >= 0.6 is 0 Å².